The van der Waals surface area contributed by atoms with Gasteiger partial charge in [0, 0.05) is 24.7 Å². The zero-order valence-corrected chi connectivity index (χ0v) is 13.6. The van der Waals surface area contributed by atoms with Crippen LogP contribution >= 0.6 is 0 Å². The number of carbonyl (C=O) groups excluding carboxylic acids is 1. The van der Waals surface area contributed by atoms with Crippen LogP contribution in [0.2, 0.25) is 0 Å². The van der Waals surface area contributed by atoms with Crippen LogP contribution in [-0.2, 0) is 10.2 Å². The van der Waals surface area contributed by atoms with Crippen molar-refractivity contribution < 1.29 is 4.79 Å². The summed E-state index contributed by atoms with van der Waals surface area (Å²) in [6.07, 6.45) is 6.05. The number of benzene rings is 1. The number of nitrogens with zero attached hydrogens (tertiary/aromatic N) is 2. The first-order chi connectivity index (χ1) is 11.2. The van der Waals surface area contributed by atoms with Crippen LogP contribution in [0.25, 0.3) is 0 Å². The molecule has 1 aromatic carbocycles. The smallest absolute Gasteiger partial charge is 0.233 e. The predicted molar refractivity (Wildman–Crippen MR) is 89.2 cm³/mol. The van der Waals surface area contributed by atoms with Crippen LogP contribution in [0.1, 0.15) is 48.4 Å². The maximum absolute atomic E-state index is 13.2. The van der Waals surface area contributed by atoms with Crippen LogP contribution in [0, 0.1) is 6.92 Å². The molecule has 2 heterocycles. The van der Waals surface area contributed by atoms with Gasteiger partial charge in [0.05, 0.1) is 11.6 Å². The first-order valence-corrected chi connectivity index (χ1v) is 8.55. The number of aryl methyl sites for hydroxylation is 1. The number of hydrogen-bond acceptors (Lipinski definition) is 2. The molecule has 1 amide bonds. The number of hydrogen-bond donors (Lipinski definition) is 1. The number of amides is 1. The SMILES string of the molecule is Cc1cn[nH]c1[C@@H]1CCCN(C(=O)C2(c3ccccc3)CC2)C1. The lowest BCUT2D eigenvalue weighted by Gasteiger charge is -2.35. The molecule has 1 aliphatic carbocycles. The second-order valence-electron chi connectivity index (χ2n) is 7.01. The lowest BCUT2D eigenvalue weighted by Crippen LogP contribution is -2.44. The average molecular weight is 309 g/mol. The topological polar surface area (TPSA) is 49.0 Å². The highest BCUT2D eigenvalue weighted by atomic mass is 16.2. The summed E-state index contributed by atoms with van der Waals surface area (Å²) < 4.78 is 0. The van der Waals surface area contributed by atoms with Gasteiger partial charge >= 0.3 is 0 Å². The first-order valence-electron chi connectivity index (χ1n) is 8.55. The van der Waals surface area contributed by atoms with Gasteiger partial charge in [0.1, 0.15) is 0 Å². The molecule has 1 aliphatic heterocycles. The van der Waals surface area contributed by atoms with Crippen molar-refractivity contribution in [3.63, 3.8) is 0 Å². The van der Waals surface area contributed by atoms with E-state index in [0.29, 0.717) is 11.8 Å². The second-order valence-corrected chi connectivity index (χ2v) is 7.01. The second kappa shape index (κ2) is 5.52. The molecule has 1 saturated carbocycles. The third-order valence-corrected chi connectivity index (χ3v) is 5.47. The fraction of sp³-hybridized carbons (Fsp3) is 0.474. The molecule has 4 nitrogen and oxygen atoms in total. The quantitative estimate of drug-likeness (QED) is 0.947. The molecule has 1 saturated heterocycles. The Labute approximate surface area is 136 Å². The summed E-state index contributed by atoms with van der Waals surface area (Å²) in [5, 5.41) is 7.28. The minimum atomic E-state index is -0.244. The number of likely N-dealkylation sites (tertiary alicyclic amines) is 1. The number of carbonyl (C=O) groups is 1. The maximum atomic E-state index is 13.2. The maximum Gasteiger partial charge on any atom is 0.233 e. The molecule has 2 aromatic rings. The van der Waals surface area contributed by atoms with Crippen LogP contribution < -0.4 is 0 Å². The van der Waals surface area contributed by atoms with Gasteiger partial charge in [-0.05, 0) is 43.7 Å². The minimum absolute atomic E-state index is 0.244. The van der Waals surface area contributed by atoms with Crippen molar-refractivity contribution in [2.24, 2.45) is 0 Å². The van der Waals surface area contributed by atoms with Gasteiger partial charge in [-0.15, -0.1) is 0 Å². The molecular weight excluding hydrogens is 286 g/mol. The van der Waals surface area contributed by atoms with Gasteiger partial charge in [-0.3, -0.25) is 9.89 Å². The number of aromatic nitrogens is 2. The van der Waals surface area contributed by atoms with Crippen molar-refractivity contribution in [3.8, 4) is 0 Å². The molecule has 0 spiro atoms. The predicted octanol–water partition coefficient (Wildman–Crippen LogP) is 3.16. The lowest BCUT2D eigenvalue weighted by atomic mass is 9.89. The van der Waals surface area contributed by atoms with Crippen molar-refractivity contribution >= 4 is 5.91 Å². The Morgan fingerprint density at radius 1 is 1.30 bits per heavy atom. The van der Waals surface area contributed by atoms with Crippen LogP contribution in [0.4, 0.5) is 0 Å². The van der Waals surface area contributed by atoms with E-state index < -0.39 is 0 Å². The summed E-state index contributed by atoms with van der Waals surface area (Å²) in [5.41, 5.74) is 3.34. The normalized spacial score (nSPS) is 22.8. The Morgan fingerprint density at radius 2 is 2.09 bits per heavy atom. The van der Waals surface area contributed by atoms with E-state index in [-0.39, 0.29) is 5.41 Å². The zero-order valence-electron chi connectivity index (χ0n) is 13.6. The molecule has 0 radical (unpaired) electrons. The van der Waals surface area contributed by atoms with Gasteiger partial charge in [0.25, 0.3) is 0 Å². The Kier molecular flexibility index (Phi) is 3.47. The molecule has 0 unspecified atom stereocenters. The standard InChI is InChI=1S/C19H23N3O/c1-14-12-20-21-17(14)15-6-5-11-22(13-15)18(23)19(9-10-19)16-7-3-2-4-8-16/h2-4,7-8,12,15H,5-6,9-11,13H2,1H3,(H,20,21)/t15-/m1/s1. The summed E-state index contributed by atoms with van der Waals surface area (Å²) in [6, 6.07) is 10.3. The van der Waals surface area contributed by atoms with Gasteiger partial charge in [0.15, 0.2) is 0 Å². The van der Waals surface area contributed by atoms with E-state index in [0.717, 1.165) is 38.8 Å². The van der Waals surface area contributed by atoms with E-state index in [4.69, 9.17) is 0 Å². The average Bonchev–Trinajstić information content (AvgIpc) is 3.31. The van der Waals surface area contributed by atoms with Gasteiger partial charge in [-0.25, -0.2) is 0 Å². The van der Waals surface area contributed by atoms with Crippen LogP contribution in [0.15, 0.2) is 36.5 Å². The van der Waals surface area contributed by atoms with E-state index in [2.05, 4.69) is 34.2 Å². The number of rotatable bonds is 3. The highest BCUT2D eigenvalue weighted by Crippen LogP contribution is 2.50. The van der Waals surface area contributed by atoms with E-state index in [1.165, 1.54) is 16.8 Å². The summed E-state index contributed by atoms with van der Waals surface area (Å²) in [5.74, 6) is 0.715. The van der Waals surface area contributed by atoms with Crippen LogP contribution in [0.5, 0.6) is 0 Å². The van der Waals surface area contributed by atoms with Crippen molar-refractivity contribution in [3.05, 3.63) is 53.3 Å². The minimum Gasteiger partial charge on any atom is -0.341 e. The highest BCUT2D eigenvalue weighted by molar-refractivity contribution is 5.91. The fourth-order valence-electron chi connectivity index (χ4n) is 3.98. The zero-order chi connectivity index (χ0) is 15.9. The summed E-state index contributed by atoms with van der Waals surface area (Å²) in [6.45, 7) is 3.79. The van der Waals surface area contributed by atoms with E-state index in [9.17, 15) is 4.79 Å². The Bertz CT molecular complexity index is 702. The van der Waals surface area contributed by atoms with Crippen LogP contribution in [-0.4, -0.2) is 34.1 Å². The number of aromatic amines is 1. The number of H-pyrrole nitrogens is 1. The first kappa shape index (κ1) is 14.5. The molecule has 4 rings (SSSR count). The number of nitrogens with one attached hydrogen (secondary N) is 1. The molecule has 4 heteroatoms. The van der Waals surface area contributed by atoms with Crippen molar-refractivity contribution in [1.29, 1.82) is 0 Å². The largest absolute Gasteiger partial charge is 0.341 e. The molecule has 1 atom stereocenters. The summed E-state index contributed by atoms with van der Waals surface area (Å²) in [4.78, 5) is 15.3. The Hall–Kier alpha value is -2.10. The van der Waals surface area contributed by atoms with E-state index in [1.807, 2.05) is 24.4 Å². The molecule has 0 bridgehead atoms. The molecule has 120 valence electrons. The van der Waals surface area contributed by atoms with Gasteiger partial charge < -0.3 is 4.90 Å². The third kappa shape index (κ3) is 2.46. The highest BCUT2D eigenvalue weighted by Gasteiger charge is 2.53. The third-order valence-electron chi connectivity index (χ3n) is 5.47. The summed E-state index contributed by atoms with van der Waals surface area (Å²) in [7, 11) is 0. The van der Waals surface area contributed by atoms with E-state index in [1.54, 1.807) is 0 Å². The van der Waals surface area contributed by atoms with Crippen molar-refractivity contribution in [2.75, 3.05) is 13.1 Å². The monoisotopic (exact) mass is 309 g/mol. The van der Waals surface area contributed by atoms with E-state index >= 15 is 0 Å². The van der Waals surface area contributed by atoms with Crippen molar-refractivity contribution in [1.82, 2.24) is 15.1 Å². The summed E-state index contributed by atoms with van der Waals surface area (Å²) >= 11 is 0. The number of piperidine rings is 1. The Balaban J connectivity index is 1.54. The lowest BCUT2D eigenvalue weighted by molar-refractivity contribution is -0.135. The van der Waals surface area contributed by atoms with Gasteiger partial charge in [0.2, 0.25) is 5.91 Å². The molecule has 1 aromatic heterocycles. The van der Waals surface area contributed by atoms with Crippen LogP contribution in [0.3, 0.4) is 0 Å². The van der Waals surface area contributed by atoms with Crippen molar-refractivity contribution in [2.45, 2.75) is 43.9 Å². The van der Waals surface area contributed by atoms with Gasteiger partial charge in [-0.2, -0.15) is 5.10 Å². The molecule has 2 aliphatic rings. The fourth-order valence-corrected chi connectivity index (χ4v) is 3.98. The molecule has 2 fully saturated rings. The Morgan fingerprint density at radius 3 is 2.74 bits per heavy atom. The molecule has 1 N–H and O–H groups in total. The molecule has 23 heavy (non-hydrogen) atoms. The van der Waals surface area contributed by atoms with Gasteiger partial charge in [-0.1, -0.05) is 30.3 Å². The molecular formula is C19H23N3O.